The van der Waals surface area contributed by atoms with Gasteiger partial charge in [-0.25, -0.2) is 17.9 Å². The molecule has 7 nitrogen and oxygen atoms in total. The van der Waals surface area contributed by atoms with Crippen molar-refractivity contribution < 1.29 is 18.3 Å². The maximum atomic E-state index is 12.1. The molecule has 2 heterocycles. The molecule has 0 bridgehead atoms. The lowest BCUT2D eigenvalue weighted by molar-refractivity contribution is 0.0701. The van der Waals surface area contributed by atoms with E-state index in [1.807, 2.05) is 0 Å². The molecule has 2 aromatic heterocycles. The van der Waals surface area contributed by atoms with Crippen LogP contribution in [0.15, 0.2) is 28.6 Å². The highest BCUT2D eigenvalue weighted by atomic mass is 32.2. The van der Waals surface area contributed by atoms with Crippen LogP contribution in [-0.2, 0) is 16.6 Å². The Balaban J connectivity index is 2.18. The van der Waals surface area contributed by atoms with Crippen molar-refractivity contribution in [3.05, 3.63) is 40.5 Å². The molecule has 0 amide bonds. The molecule has 0 aromatic carbocycles. The quantitative estimate of drug-likeness (QED) is 0.853. The van der Waals surface area contributed by atoms with Crippen LogP contribution in [0.5, 0.6) is 0 Å². The van der Waals surface area contributed by atoms with Crippen molar-refractivity contribution in [2.24, 2.45) is 0 Å². The van der Waals surface area contributed by atoms with Gasteiger partial charge in [0.25, 0.3) is 0 Å². The van der Waals surface area contributed by atoms with Gasteiger partial charge in [-0.2, -0.15) is 10.2 Å². The minimum Gasteiger partial charge on any atom is -0.477 e. The molecule has 0 aliphatic carbocycles. The fourth-order valence-corrected chi connectivity index (χ4v) is 3.89. The van der Waals surface area contributed by atoms with Gasteiger partial charge in [0.1, 0.15) is 9.09 Å². The molecule has 9 heteroatoms. The molecule has 2 aromatic rings. The van der Waals surface area contributed by atoms with Gasteiger partial charge < -0.3 is 5.11 Å². The summed E-state index contributed by atoms with van der Waals surface area (Å²) in [5.74, 6) is -1.14. The molecule has 0 radical (unpaired) electrons. The maximum absolute atomic E-state index is 12.1. The van der Waals surface area contributed by atoms with Crippen LogP contribution < -0.4 is 4.72 Å². The van der Waals surface area contributed by atoms with E-state index in [4.69, 9.17) is 5.11 Å². The first-order valence-electron chi connectivity index (χ1n) is 5.50. The maximum Gasteiger partial charge on any atom is 0.346 e. The van der Waals surface area contributed by atoms with Gasteiger partial charge in [0.05, 0.1) is 12.2 Å². The summed E-state index contributed by atoms with van der Waals surface area (Å²) in [5.41, 5.74) is 0.894. The summed E-state index contributed by atoms with van der Waals surface area (Å²) in [6.45, 7) is 1.55. The number of carbonyl (C=O) groups is 1. The molecule has 0 aliphatic heterocycles. The van der Waals surface area contributed by atoms with Crippen molar-refractivity contribution in [3.63, 3.8) is 0 Å². The van der Waals surface area contributed by atoms with Crippen molar-refractivity contribution in [1.29, 1.82) is 0 Å². The number of carboxylic acid groups (broad SMARTS) is 1. The average Bonchev–Trinajstić information content (AvgIpc) is 2.81. The number of aromatic carboxylic acids is 1. The number of aryl methyl sites for hydroxylation is 1. The molecule has 106 valence electrons. The molecular weight excluding hydrogens is 302 g/mol. The lowest BCUT2D eigenvalue weighted by Crippen LogP contribution is -2.23. The molecule has 0 saturated carbocycles. The molecular formula is C11H11N3O4S2. The van der Waals surface area contributed by atoms with Crippen LogP contribution >= 0.6 is 11.3 Å². The summed E-state index contributed by atoms with van der Waals surface area (Å²) in [4.78, 5) is 10.9. The predicted octanol–water partition coefficient (Wildman–Crippen LogP) is 1.02. The Labute approximate surface area is 119 Å². The van der Waals surface area contributed by atoms with Gasteiger partial charge in [0.15, 0.2) is 0 Å². The number of thiophene rings is 1. The van der Waals surface area contributed by atoms with Crippen molar-refractivity contribution in [2.45, 2.75) is 17.7 Å². The van der Waals surface area contributed by atoms with E-state index in [0.717, 1.165) is 11.3 Å². The molecule has 0 aliphatic rings. The van der Waals surface area contributed by atoms with E-state index in [2.05, 4.69) is 14.9 Å². The highest BCUT2D eigenvalue weighted by Crippen LogP contribution is 2.25. The standard InChI is InChI=1S/C11H11N3O4S2/c1-7-5-9(19-10(7)11(15)16)20(17,18)13-6-8-3-2-4-12-14-8/h2-5,13H,6H2,1H3,(H,15,16). The summed E-state index contributed by atoms with van der Waals surface area (Å²) in [6.07, 6.45) is 1.49. The number of aromatic nitrogens is 2. The fourth-order valence-electron chi connectivity index (χ4n) is 1.47. The lowest BCUT2D eigenvalue weighted by atomic mass is 10.3. The van der Waals surface area contributed by atoms with Gasteiger partial charge >= 0.3 is 5.97 Å². The number of hydrogen-bond donors (Lipinski definition) is 2. The minimum atomic E-state index is -3.76. The first kappa shape index (κ1) is 14.6. The zero-order chi connectivity index (χ0) is 14.8. The number of nitrogens with zero attached hydrogens (tertiary/aromatic N) is 2. The Kier molecular flexibility index (Phi) is 4.12. The van der Waals surface area contributed by atoms with Crippen molar-refractivity contribution in [2.75, 3.05) is 0 Å². The first-order chi connectivity index (χ1) is 9.40. The fraction of sp³-hybridized carbons (Fsp3) is 0.182. The van der Waals surface area contributed by atoms with E-state index in [9.17, 15) is 13.2 Å². The van der Waals surface area contributed by atoms with Crippen molar-refractivity contribution in [1.82, 2.24) is 14.9 Å². The first-order valence-corrected chi connectivity index (χ1v) is 7.80. The van der Waals surface area contributed by atoms with E-state index in [0.29, 0.717) is 11.3 Å². The third-order valence-corrected chi connectivity index (χ3v) is 5.53. The van der Waals surface area contributed by atoms with Gasteiger partial charge in [-0.3, -0.25) is 0 Å². The van der Waals surface area contributed by atoms with Gasteiger partial charge in [-0.15, -0.1) is 11.3 Å². The number of carboxylic acids is 1. The van der Waals surface area contributed by atoms with E-state index >= 15 is 0 Å². The summed E-state index contributed by atoms with van der Waals surface area (Å²) in [7, 11) is -3.76. The summed E-state index contributed by atoms with van der Waals surface area (Å²) in [5, 5.41) is 16.3. The molecule has 0 saturated heterocycles. The third-order valence-electron chi connectivity index (χ3n) is 2.43. The molecule has 0 atom stereocenters. The Morgan fingerprint density at radius 2 is 2.25 bits per heavy atom. The number of sulfonamides is 1. The van der Waals surface area contributed by atoms with Crippen molar-refractivity contribution >= 4 is 27.3 Å². The van der Waals surface area contributed by atoms with Crippen LogP contribution in [0.2, 0.25) is 0 Å². The van der Waals surface area contributed by atoms with Crippen molar-refractivity contribution in [3.8, 4) is 0 Å². The highest BCUT2D eigenvalue weighted by molar-refractivity contribution is 7.91. The van der Waals surface area contributed by atoms with Gasteiger partial charge in [-0.1, -0.05) is 0 Å². The van der Waals surface area contributed by atoms with E-state index in [1.165, 1.54) is 12.3 Å². The average molecular weight is 313 g/mol. The predicted molar refractivity (Wildman–Crippen MR) is 72.1 cm³/mol. The second-order valence-electron chi connectivity index (χ2n) is 3.92. The molecule has 2 N–H and O–H groups in total. The molecule has 0 spiro atoms. The van der Waals surface area contributed by atoms with E-state index < -0.39 is 16.0 Å². The zero-order valence-electron chi connectivity index (χ0n) is 10.4. The largest absolute Gasteiger partial charge is 0.477 e. The minimum absolute atomic E-state index is 0.00444. The van der Waals surface area contributed by atoms with Gasteiger partial charge in [-0.05, 0) is 30.7 Å². The second kappa shape index (κ2) is 5.65. The Hall–Kier alpha value is -1.84. The molecule has 20 heavy (non-hydrogen) atoms. The van der Waals surface area contributed by atoms with Crippen LogP contribution in [-0.4, -0.2) is 29.7 Å². The Morgan fingerprint density at radius 3 is 2.80 bits per heavy atom. The van der Waals surface area contributed by atoms with Crippen LogP contribution in [0.4, 0.5) is 0 Å². The Morgan fingerprint density at radius 1 is 1.50 bits per heavy atom. The number of rotatable bonds is 5. The van der Waals surface area contributed by atoms with Crippen LogP contribution in [0.3, 0.4) is 0 Å². The van der Waals surface area contributed by atoms with Crippen LogP contribution in [0, 0.1) is 6.92 Å². The Bertz CT molecular complexity index is 725. The monoisotopic (exact) mass is 313 g/mol. The topological polar surface area (TPSA) is 109 Å². The molecule has 0 unspecified atom stereocenters. The summed E-state index contributed by atoms with van der Waals surface area (Å²) in [6, 6.07) is 4.62. The SMILES string of the molecule is Cc1cc(S(=O)(=O)NCc2cccnn2)sc1C(=O)O. The highest BCUT2D eigenvalue weighted by Gasteiger charge is 2.21. The van der Waals surface area contributed by atoms with Crippen LogP contribution in [0.25, 0.3) is 0 Å². The lowest BCUT2D eigenvalue weighted by Gasteiger charge is -2.03. The molecule has 2 rings (SSSR count). The van der Waals surface area contributed by atoms with E-state index in [-0.39, 0.29) is 15.6 Å². The summed E-state index contributed by atoms with van der Waals surface area (Å²) >= 11 is 0.724. The normalized spacial score (nSPS) is 11.4. The van der Waals surface area contributed by atoms with Crippen LogP contribution in [0.1, 0.15) is 20.9 Å². The smallest absolute Gasteiger partial charge is 0.346 e. The second-order valence-corrected chi connectivity index (χ2v) is 6.97. The van der Waals surface area contributed by atoms with E-state index in [1.54, 1.807) is 19.1 Å². The number of hydrogen-bond acceptors (Lipinski definition) is 6. The van der Waals surface area contributed by atoms with Gasteiger partial charge in [0.2, 0.25) is 10.0 Å². The zero-order valence-corrected chi connectivity index (χ0v) is 12.0. The van der Waals surface area contributed by atoms with Gasteiger partial charge in [0, 0.05) is 6.20 Å². The summed E-state index contributed by atoms with van der Waals surface area (Å²) < 4.78 is 26.4. The molecule has 0 fully saturated rings. The number of nitrogens with one attached hydrogen (secondary N) is 1. The third kappa shape index (κ3) is 3.18.